The second kappa shape index (κ2) is 11.2. The lowest BCUT2D eigenvalue weighted by molar-refractivity contribution is 0.156. The molecule has 3 aliphatic rings. The third kappa shape index (κ3) is 5.58. The van der Waals surface area contributed by atoms with Crippen LogP contribution in [0.25, 0.3) is 0 Å². The highest BCUT2D eigenvalue weighted by molar-refractivity contribution is 14.1. The topological polar surface area (TPSA) is 63.7 Å². The van der Waals surface area contributed by atoms with E-state index in [-0.39, 0.29) is 5.41 Å². The molecule has 0 bridgehead atoms. The third-order valence-corrected chi connectivity index (χ3v) is 9.34. The average molecular weight is 639 g/mol. The molecule has 1 saturated heterocycles. The Hall–Kier alpha value is -2.50. The Morgan fingerprint density at radius 2 is 1.85 bits per heavy atom. The highest BCUT2D eigenvalue weighted by atomic mass is 127. The number of rotatable bonds is 7. The lowest BCUT2D eigenvalue weighted by atomic mass is 9.87. The van der Waals surface area contributed by atoms with Gasteiger partial charge in [-0.05, 0) is 37.2 Å². The number of alkyl halides is 1. The van der Waals surface area contributed by atoms with Crippen molar-refractivity contribution in [3.05, 3.63) is 65.2 Å². The second-order valence-corrected chi connectivity index (χ2v) is 12.5. The Bertz CT molecular complexity index is 1320. The van der Waals surface area contributed by atoms with E-state index in [9.17, 15) is 0 Å². The van der Waals surface area contributed by atoms with Gasteiger partial charge in [0.2, 0.25) is 0 Å². The molecule has 0 saturated carbocycles. The standard InChI is InChI=1S/C30H39IN8/c1-30(2)20-39(16-15-37-13-11-36(3)12-14-37)27-17-23(6-7-25(27)30)35-28-24-8-10-38(19-26(24)33-21-34-28)29-22(18-31)5-4-9-32-29/h4-7,9,17,21H,8,10-16,18-20H2,1-3H3,(H,33,34,35). The number of piperazine rings is 1. The van der Waals surface area contributed by atoms with Gasteiger partial charge in [0.1, 0.15) is 18.0 Å². The number of likely N-dealkylation sites (N-methyl/N-ethyl adjacent to an activating group) is 1. The number of hydrogen-bond donors (Lipinski definition) is 1. The fraction of sp³-hybridized carbons (Fsp3) is 0.500. The zero-order chi connectivity index (χ0) is 27.0. The van der Waals surface area contributed by atoms with Gasteiger partial charge in [0, 0.05) is 90.9 Å². The van der Waals surface area contributed by atoms with Gasteiger partial charge in [0.15, 0.2) is 0 Å². The SMILES string of the molecule is CN1CCN(CCN2CC(C)(C)c3ccc(Nc4ncnc5c4CCN(c4ncccc4CI)C5)cc32)CC1. The van der Waals surface area contributed by atoms with Crippen LogP contribution in [-0.2, 0) is 22.8 Å². The predicted molar refractivity (Wildman–Crippen MR) is 168 cm³/mol. The van der Waals surface area contributed by atoms with Gasteiger partial charge in [-0.25, -0.2) is 15.0 Å². The number of pyridine rings is 1. The molecule has 0 radical (unpaired) electrons. The molecule has 0 unspecified atom stereocenters. The van der Waals surface area contributed by atoms with E-state index in [1.54, 1.807) is 6.33 Å². The zero-order valence-corrected chi connectivity index (χ0v) is 25.5. The molecule has 2 aromatic heterocycles. The third-order valence-electron chi connectivity index (χ3n) is 8.52. The van der Waals surface area contributed by atoms with Crippen LogP contribution < -0.4 is 15.1 Å². The maximum atomic E-state index is 4.69. The summed E-state index contributed by atoms with van der Waals surface area (Å²) in [5.41, 5.74) is 7.61. The van der Waals surface area contributed by atoms with Crippen molar-refractivity contribution < 1.29 is 0 Å². The summed E-state index contributed by atoms with van der Waals surface area (Å²) >= 11 is 2.42. The first-order valence-corrected chi connectivity index (χ1v) is 15.6. The molecule has 3 aliphatic heterocycles. The highest BCUT2D eigenvalue weighted by Crippen LogP contribution is 2.42. The van der Waals surface area contributed by atoms with Crippen molar-refractivity contribution in [2.24, 2.45) is 0 Å². The molecule has 9 heteroatoms. The van der Waals surface area contributed by atoms with Crippen LogP contribution in [0.3, 0.4) is 0 Å². The first-order chi connectivity index (χ1) is 18.9. The summed E-state index contributed by atoms with van der Waals surface area (Å²) in [6.07, 6.45) is 4.48. The van der Waals surface area contributed by atoms with Crippen molar-refractivity contribution >= 4 is 45.6 Å². The quantitative estimate of drug-likeness (QED) is 0.301. The van der Waals surface area contributed by atoms with Crippen LogP contribution in [0.5, 0.6) is 0 Å². The monoisotopic (exact) mass is 638 g/mol. The maximum Gasteiger partial charge on any atom is 0.137 e. The summed E-state index contributed by atoms with van der Waals surface area (Å²) in [5, 5.41) is 3.67. The average Bonchev–Trinajstić information content (AvgIpc) is 3.21. The first-order valence-electron chi connectivity index (χ1n) is 14.1. The fourth-order valence-electron chi connectivity index (χ4n) is 6.22. The summed E-state index contributed by atoms with van der Waals surface area (Å²) < 4.78 is 0.947. The Morgan fingerprint density at radius 3 is 2.67 bits per heavy atom. The molecule has 8 nitrogen and oxygen atoms in total. The van der Waals surface area contributed by atoms with Gasteiger partial charge in [0.25, 0.3) is 0 Å². The molecular weight excluding hydrogens is 599 g/mol. The van der Waals surface area contributed by atoms with Crippen LogP contribution in [0.15, 0.2) is 42.9 Å². The smallest absolute Gasteiger partial charge is 0.137 e. The Kier molecular flexibility index (Phi) is 7.65. The predicted octanol–water partition coefficient (Wildman–Crippen LogP) is 4.46. The Morgan fingerprint density at radius 1 is 1.00 bits per heavy atom. The van der Waals surface area contributed by atoms with E-state index in [1.807, 2.05) is 12.3 Å². The highest BCUT2D eigenvalue weighted by Gasteiger charge is 2.35. The number of nitrogens with zero attached hydrogens (tertiary/aromatic N) is 7. The molecule has 1 N–H and O–H groups in total. The van der Waals surface area contributed by atoms with E-state index in [1.165, 1.54) is 35.5 Å². The number of aromatic nitrogens is 3. The summed E-state index contributed by atoms with van der Waals surface area (Å²) in [5.74, 6) is 2.00. The van der Waals surface area contributed by atoms with Gasteiger partial charge in [-0.2, -0.15) is 0 Å². The maximum absolute atomic E-state index is 4.69. The molecule has 0 spiro atoms. The number of benzene rings is 1. The molecule has 0 atom stereocenters. The fourth-order valence-corrected chi connectivity index (χ4v) is 6.82. The van der Waals surface area contributed by atoms with Gasteiger partial charge >= 0.3 is 0 Å². The number of halogens is 1. The van der Waals surface area contributed by atoms with E-state index in [0.29, 0.717) is 0 Å². The van der Waals surface area contributed by atoms with Crippen molar-refractivity contribution in [2.45, 2.75) is 36.7 Å². The van der Waals surface area contributed by atoms with Crippen molar-refractivity contribution in [1.29, 1.82) is 0 Å². The van der Waals surface area contributed by atoms with E-state index in [4.69, 9.17) is 0 Å². The molecule has 6 rings (SSSR count). The molecule has 5 heterocycles. The largest absolute Gasteiger partial charge is 0.369 e. The number of nitrogens with one attached hydrogen (secondary N) is 1. The number of hydrogen-bond acceptors (Lipinski definition) is 8. The van der Waals surface area contributed by atoms with E-state index >= 15 is 0 Å². The van der Waals surface area contributed by atoms with Crippen molar-refractivity contribution in [3.63, 3.8) is 0 Å². The molecule has 0 amide bonds. The van der Waals surface area contributed by atoms with Gasteiger partial charge in [-0.1, -0.05) is 48.6 Å². The number of fused-ring (bicyclic) bond motifs is 2. The number of anilines is 4. The van der Waals surface area contributed by atoms with Crippen molar-refractivity contribution in [2.75, 3.05) is 74.5 Å². The molecule has 206 valence electrons. The molecule has 1 aromatic carbocycles. The summed E-state index contributed by atoms with van der Waals surface area (Å²) in [4.78, 5) is 24.0. The summed E-state index contributed by atoms with van der Waals surface area (Å²) in [7, 11) is 2.22. The Labute approximate surface area is 246 Å². The second-order valence-electron chi connectivity index (χ2n) is 11.7. The van der Waals surface area contributed by atoms with Crippen molar-refractivity contribution in [1.82, 2.24) is 24.8 Å². The van der Waals surface area contributed by atoms with Crippen molar-refractivity contribution in [3.8, 4) is 0 Å². The summed E-state index contributed by atoms with van der Waals surface area (Å²) in [6.45, 7) is 14.3. The Balaban J connectivity index is 1.19. The molecule has 3 aromatic rings. The van der Waals surface area contributed by atoms with E-state index in [0.717, 1.165) is 79.7 Å². The first kappa shape index (κ1) is 26.7. The zero-order valence-electron chi connectivity index (χ0n) is 23.3. The summed E-state index contributed by atoms with van der Waals surface area (Å²) in [6, 6.07) is 11.0. The lowest BCUT2D eigenvalue weighted by Crippen LogP contribution is -2.47. The normalized spacial score (nSPS) is 19.2. The minimum Gasteiger partial charge on any atom is -0.369 e. The van der Waals surface area contributed by atoms with Crippen LogP contribution in [0.1, 0.15) is 36.2 Å². The van der Waals surface area contributed by atoms with E-state index in [2.05, 4.69) is 108 Å². The van der Waals surface area contributed by atoms with Crippen LogP contribution in [0.4, 0.5) is 23.0 Å². The lowest BCUT2D eigenvalue weighted by Gasteiger charge is -2.34. The van der Waals surface area contributed by atoms with Crippen LogP contribution >= 0.6 is 22.6 Å². The van der Waals surface area contributed by atoms with Gasteiger partial charge in [0.05, 0.1) is 12.2 Å². The minimum atomic E-state index is 0.149. The molecule has 1 fully saturated rings. The van der Waals surface area contributed by atoms with Gasteiger partial charge in [-0.15, -0.1) is 0 Å². The molecule has 39 heavy (non-hydrogen) atoms. The minimum absolute atomic E-state index is 0.149. The molecular formula is C30H39IN8. The van der Waals surface area contributed by atoms with E-state index < -0.39 is 0 Å². The van der Waals surface area contributed by atoms with Gasteiger partial charge in [-0.3, -0.25) is 4.90 Å². The van der Waals surface area contributed by atoms with Crippen LogP contribution in [-0.4, -0.2) is 84.2 Å². The van der Waals surface area contributed by atoms with Gasteiger partial charge < -0.3 is 20.0 Å². The van der Waals surface area contributed by atoms with Crippen LogP contribution in [0.2, 0.25) is 0 Å². The van der Waals surface area contributed by atoms with Crippen LogP contribution in [0, 0.1) is 0 Å². The molecule has 0 aliphatic carbocycles.